The van der Waals surface area contributed by atoms with Crippen LogP contribution < -0.4 is 9.64 Å². The Morgan fingerprint density at radius 3 is 2.74 bits per heavy atom. The fourth-order valence-electron chi connectivity index (χ4n) is 2.90. The number of ether oxygens (including phenoxy) is 2. The van der Waals surface area contributed by atoms with Gasteiger partial charge in [0, 0.05) is 13.0 Å². The zero-order chi connectivity index (χ0) is 19.6. The lowest BCUT2D eigenvalue weighted by molar-refractivity contribution is -0.147. The van der Waals surface area contributed by atoms with Gasteiger partial charge in [0.1, 0.15) is 5.75 Å². The molecule has 142 valence electrons. The van der Waals surface area contributed by atoms with E-state index in [1.54, 1.807) is 18.2 Å². The molecule has 2 aromatic rings. The monoisotopic (exact) mass is 407 g/mol. The lowest BCUT2D eigenvalue weighted by Gasteiger charge is -2.20. The van der Waals surface area contributed by atoms with Gasteiger partial charge < -0.3 is 14.4 Å². The van der Waals surface area contributed by atoms with Gasteiger partial charge >= 0.3 is 5.97 Å². The molecule has 0 saturated carbocycles. The van der Waals surface area contributed by atoms with E-state index in [9.17, 15) is 14.4 Å². The van der Waals surface area contributed by atoms with Crippen molar-refractivity contribution in [1.82, 2.24) is 0 Å². The lowest BCUT2D eigenvalue weighted by atomic mass is 10.1. The Labute approximate surface area is 165 Å². The highest BCUT2D eigenvalue weighted by molar-refractivity contribution is 7.18. The third-order valence-corrected chi connectivity index (χ3v) is 5.55. The van der Waals surface area contributed by atoms with Crippen molar-refractivity contribution in [1.29, 1.82) is 0 Å². The zero-order valence-electron chi connectivity index (χ0n) is 14.9. The number of hydrogen-bond acceptors (Lipinski definition) is 6. The van der Waals surface area contributed by atoms with Gasteiger partial charge in [-0.05, 0) is 36.8 Å². The van der Waals surface area contributed by atoms with Gasteiger partial charge in [0.2, 0.25) is 11.7 Å². The van der Waals surface area contributed by atoms with Crippen LogP contribution in [-0.2, 0) is 14.3 Å². The maximum Gasteiger partial charge on any atom is 0.311 e. The standard InChI is InChI=1S/C19H18ClNO5S/c1-11-3-4-15(25-2)13(7-11)21-9-12(8-18(21)23)19(24)26-10-14(22)16-5-6-17(20)27-16/h3-7,12H,8-10H2,1-2H3/t12-/m0/s1. The third-order valence-electron chi connectivity index (χ3n) is 4.28. The Morgan fingerprint density at radius 1 is 1.30 bits per heavy atom. The molecule has 6 nitrogen and oxygen atoms in total. The Morgan fingerprint density at radius 2 is 2.07 bits per heavy atom. The Hall–Kier alpha value is -2.38. The first-order chi connectivity index (χ1) is 12.9. The molecule has 0 unspecified atom stereocenters. The van der Waals surface area contributed by atoms with Crippen LogP contribution in [-0.4, -0.2) is 37.9 Å². The first-order valence-electron chi connectivity index (χ1n) is 8.29. The van der Waals surface area contributed by atoms with Crippen molar-refractivity contribution in [3.63, 3.8) is 0 Å². The number of carbonyl (C=O) groups is 3. The van der Waals surface area contributed by atoms with Crippen molar-refractivity contribution in [2.75, 3.05) is 25.2 Å². The number of anilines is 1. The summed E-state index contributed by atoms with van der Waals surface area (Å²) in [6, 6.07) is 8.72. The summed E-state index contributed by atoms with van der Waals surface area (Å²) in [6.07, 6.45) is 0.0367. The molecule has 1 aliphatic heterocycles. The normalized spacial score (nSPS) is 16.5. The van der Waals surface area contributed by atoms with Crippen molar-refractivity contribution in [3.05, 3.63) is 45.1 Å². The van der Waals surface area contributed by atoms with Crippen LogP contribution in [0, 0.1) is 12.8 Å². The molecular formula is C19H18ClNO5S. The second kappa shape index (κ2) is 8.10. The van der Waals surface area contributed by atoms with Crippen molar-refractivity contribution < 1.29 is 23.9 Å². The minimum atomic E-state index is -0.623. The topological polar surface area (TPSA) is 72.9 Å². The van der Waals surface area contributed by atoms with Crippen molar-refractivity contribution in [2.45, 2.75) is 13.3 Å². The number of aryl methyl sites for hydroxylation is 1. The molecule has 3 rings (SSSR count). The summed E-state index contributed by atoms with van der Waals surface area (Å²) in [5.41, 5.74) is 1.60. The average Bonchev–Trinajstić information content (AvgIpc) is 3.25. The number of Topliss-reactive ketones (excluding diaryl/α,β-unsaturated/α-hetero) is 1. The minimum Gasteiger partial charge on any atom is -0.495 e. The molecule has 1 aliphatic rings. The SMILES string of the molecule is COc1ccc(C)cc1N1C[C@@H](C(=O)OCC(=O)c2ccc(Cl)s2)CC1=O. The number of amides is 1. The van der Waals surface area contributed by atoms with E-state index in [1.165, 1.54) is 12.0 Å². The molecule has 1 aromatic carbocycles. The Balaban J connectivity index is 1.64. The van der Waals surface area contributed by atoms with E-state index >= 15 is 0 Å². The van der Waals surface area contributed by atoms with Crippen LogP contribution in [0.25, 0.3) is 0 Å². The highest BCUT2D eigenvalue weighted by Crippen LogP contribution is 2.34. The van der Waals surface area contributed by atoms with Crippen LogP contribution in [0.4, 0.5) is 5.69 Å². The predicted octanol–water partition coefficient (Wildman–Crippen LogP) is 3.50. The average molecular weight is 408 g/mol. The summed E-state index contributed by atoms with van der Waals surface area (Å²) < 4.78 is 10.9. The van der Waals surface area contributed by atoms with Gasteiger partial charge in [-0.3, -0.25) is 14.4 Å². The summed E-state index contributed by atoms with van der Waals surface area (Å²) in [6.45, 7) is 1.74. The molecular weight excluding hydrogens is 390 g/mol. The first-order valence-corrected chi connectivity index (χ1v) is 9.48. The highest BCUT2D eigenvalue weighted by atomic mass is 35.5. The molecule has 2 heterocycles. The number of hydrogen-bond donors (Lipinski definition) is 0. The van der Waals surface area contributed by atoms with Crippen LogP contribution in [0.1, 0.15) is 21.7 Å². The van der Waals surface area contributed by atoms with Crippen molar-refractivity contribution in [2.24, 2.45) is 5.92 Å². The smallest absolute Gasteiger partial charge is 0.311 e. The number of nitrogens with zero attached hydrogens (tertiary/aromatic N) is 1. The summed E-state index contributed by atoms with van der Waals surface area (Å²) in [4.78, 5) is 38.7. The summed E-state index contributed by atoms with van der Waals surface area (Å²) in [7, 11) is 1.53. The first kappa shape index (κ1) is 19.4. The third kappa shape index (κ3) is 4.31. The molecule has 0 N–H and O–H groups in total. The predicted molar refractivity (Wildman–Crippen MR) is 103 cm³/mol. The van der Waals surface area contributed by atoms with Crippen molar-refractivity contribution >= 4 is 46.3 Å². The number of rotatable bonds is 6. The van der Waals surface area contributed by atoms with Crippen LogP contribution in [0.5, 0.6) is 5.75 Å². The number of ketones is 1. The second-order valence-electron chi connectivity index (χ2n) is 6.22. The number of esters is 1. The largest absolute Gasteiger partial charge is 0.495 e. The van der Waals surface area contributed by atoms with Crippen LogP contribution in [0.3, 0.4) is 0 Å². The van der Waals surface area contributed by atoms with Crippen LogP contribution in [0.15, 0.2) is 30.3 Å². The molecule has 0 bridgehead atoms. The Bertz CT molecular complexity index is 894. The van der Waals surface area contributed by atoms with E-state index in [0.717, 1.165) is 16.9 Å². The maximum atomic E-state index is 12.4. The zero-order valence-corrected chi connectivity index (χ0v) is 16.4. The minimum absolute atomic E-state index is 0.0367. The van der Waals surface area contributed by atoms with E-state index in [4.69, 9.17) is 21.1 Å². The van der Waals surface area contributed by atoms with Crippen LogP contribution in [0.2, 0.25) is 4.34 Å². The Kier molecular flexibility index (Phi) is 5.82. The van der Waals surface area contributed by atoms with Gasteiger partial charge in [0.05, 0.1) is 27.9 Å². The summed E-state index contributed by atoms with van der Waals surface area (Å²) >= 11 is 6.93. The number of methoxy groups -OCH3 is 1. The van der Waals surface area contributed by atoms with E-state index < -0.39 is 11.9 Å². The van der Waals surface area contributed by atoms with Gasteiger partial charge in [0.25, 0.3) is 0 Å². The van der Waals surface area contributed by atoms with E-state index in [0.29, 0.717) is 20.7 Å². The van der Waals surface area contributed by atoms with Crippen molar-refractivity contribution in [3.8, 4) is 5.75 Å². The number of benzene rings is 1. The van der Waals surface area contributed by atoms with Gasteiger partial charge in [-0.25, -0.2) is 0 Å². The van der Waals surface area contributed by atoms with Gasteiger partial charge in [0.15, 0.2) is 6.61 Å². The fraction of sp³-hybridized carbons (Fsp3) is 0.316. The molecule has 0 aliphatic carbocycles. The lowest BCUT2D eigenvalue weighted by Crippen LogP contribution is -2.27. The van der Waals surface area contributed by atoms with Gasteiger partial charge in [-0.2, -0.15) is 0 Å². The molecule has 0 spiro atoms. The maximum absolute atomic E-state index is 12.4. The molecule has 1 amide bonds. The van der Waals surface area contributed by atoms with E-state index in [2.05, 4.69) is 0 Å². The molecule has 27 heavy (non-hydrogen) atoms. The highest BCUT2D eigenvalue weighted by Gasteiger charge is 2.37. The summed E-state index contributed by atoms with van der Waals surface area (Å²) in [5, 5.41) is 0. The number of halogens is 1. The molecule has 1 fully saturated rings. The van der Waals surface area contributed by atoms with Crippen LogP contribution >= 0.6 is 22.9 Å². The van der Waals surface area contributed by atoms with Gasteiger partial charge in [-0.1, -0.05) is 17.7 Å². The molecule has 1 saturated heterocycles. The summed E-state index contributed by atoms with van der Waals surface area (Å²) in [5.74, 6) is -1.12. The molecule has 1 aromatic heterocycles. The molecule has 1 atom stereocenters. The van der Waals surface area contributed by atoms with E-state index in [1.807, 2.05) is 19.1 Å². The quantitative estimate of drug-likeness (QED) is 0.541. The fourth-order valence-corrected chi connectivity index (χ4v) is 3.87. The second-order valence-corrected chi connectivity index (χ2v) is 7.93. The van der Waals surface area contributed by atoms with Gasteiger partial charge in [-0.15, -0.1) is 11.3 Å². The number of carbonyl (C=O) groups excluding carboxylic acids is 3. The van der Waals surface area contributed by atoms with E-state index in [-0.39, 0.29) is 31.3 Å². The number of thiophene rings is 1. The molecule has 8 heteroatoms. The molecule has 0 radical (unpaired) electrons.